The van der Waals surface area contributed by atoms with E-state index in [4.69, 9.17) is 4.74 Å². The Hall–Kier alpha value is -1.61. The molecule has 0 unspecified atom stereocenters. The lowest BCUT2D eigenvalue weighted by Crippen LogP contribution is -1.98. The zero-order chi connectivity index (χ0) is 15.2. The second-order valence-corrected chi connectivity index (χ2v) is 5.92. The van der Waals surface area contributed by atoms with Crippen molar-refractivity contribution in [1.29, 1.82) is 0 Å². The largest absolute Gasteiger partial charge is 0.493 e. The van der Waals surface area contributed by atoms with E-state index in [1.165, 1.54) is 11.1 Å². The number of halogens is 1. The van der Waals surface area contributed by atoms with Crippen molar-refractivity contribution in [3.05, 3.63) is 57.6 Å². The standard InChI is InChI=1S/C18H20BrNO/c1-4-10-21-18-9-8-16(19)11-15(18)12-20-17-7-5-6-13(2)14(17)3/h5-9,11-12H,4,10H2,1-3H3. The van der Waals surface area contributed by atoms with Gasteiger partial charge in [-0.1, -0.05) is 35.0 Å². The van der Waals surface area contributed by atoms with Crippen LogP contribution in [0.4, 0.5) is 5.69 Å². The van der Waals surface area contributed by atoms with E-state index in [0.29, 0.717) is 6.61 Å². The van der Waals surface area contributed by atoms with Gasteiger partial charge in [-0.15, -0.1) is 0 Å². The van der Waals surface area contributed by atoms with Gasteiger partial charge in [0, 0.05) is 16.3 Å². The molecule has 2 nitrogen and oxygen atoms in total. The predicted octanol–water partition coefficient (Wildman–Crippen LogP) is 5.61. The Balaban J connectivity index is 2.31. The van der Waals surface area contributed by atoms with Crippen molar-refractivity contribution < 1.29 is 4.74 Å². The molecule has 2 aromatic rings. The summed E-state index contributed by atoms with van der Waals surface area (Å²) in [5.41, 5.74) is 4.44. The third kappa shape index (κ3) is 4.18. The first-order valence-electron chi connectivity index (χ1n) is 7.14. The molecule has 0 spiro atoms. The number of nitrogens with zero attached hydrogens (tertiary/aromatic N) is 1. The maximum absolute atomic E-state index is 5.77. The van der Waals surface area contributed by atoms with E-state index in [0.717, 1.165) is 27.9 Å². The molecule has 110 valence electrons. The Morgan fingerprint density at radius 3 is 2.76 bits per heavy atom. The lowest BCUT2D eigenvalue weighted by Gasteiger charge is -2.09. The van der Waals surface area contributed by atoms with E-state index >= 15 is 0 Å². The van der Waals surface area contributed by atoms with Crippen LogP contribution in [0.3, 0.4) is 0 Å². The second-order valence-electron chi connectivity index (χ2n) is 5.01. The lowest BCUT2D eigenvalue weighted by molar-refractivity contribution is 0.317. The van der Waals surface area contributed by atoms with Crippen molar-refractivity contribution in [1.82, 2.24) is 0 Å². The third-order valence-electron chi connectivity index (χ3n) is 3.35. The molecule has 0 aliphatic carbocycles. The molecule has 0 N–H and O–H groups in total. The van der Waals surface area contributed by atoms with Gasteiger partial charge in [0.25, 0.3) is 0 Å². The monoisotopic (exact) mass is 345 g/mol. The van der Waals surface area contributed by atoms with E-state index in [1.54, 1.807) is 0 Å². The Bertz CT molecular complexity index is 650. The predicted molar refractivity (Wildman–Crippen MR) is 93.1 cm³/mol. The first kappa shape index (κ1) is 15.8. The summed E-state index contributed by atoms with van der Waals surface area (Å²) in [4.78, 5) is 4.62. The molecule has 0 aliphatic rings. The summed E-state index contributed by atoms with van der Waals surface area (Å²) >= 11 is 3.50. The van der Waals surface area contributed by atoms with Crippen molar-refractivity contribution in [3.8, 4) is 5.75 Å². The number of rotatable bonds is 5. The van der Waals surface area contributed by atoms with E-state index in [-0.39, 0.29) is 0 Å². The second kappa shape index (κ2) is 7.41. The van der Waals surface area contributed by atoms with Crippen molar-refractivity contribution in [2.24, 2.45) is 4.99 Å². The molecule has 0 bridgehead atoms. The highest BCUT2D eigenvalue weighted by molar-refractivity contribution is 9.10. The van der Waals surface area contributed by atoms with Crippen molar-refractivity contribution in [2.75, 3.05) is 6.61 Å². The topological polar surface area (TPSA) is 21.6 Å². The fourth-order valence-corrected chi connectivity index (χ4v) is 2.36. The summed E-state index contributed by atoms with van der Waals surface area (Å²) in [5.74, 6) is 0.870. The van der Waals surface area contributed by atoms with Gasteiger partial charge < -0.3 is 4.74 Å². The number of hydrogen-bond donors (Lipinski definition) is 0. The molecule has 0 aromatic heterocycles. The van der Waals surface area contributed by atoms with Gasteiger partial charge in [0.05, 0.1) is 12.3 Å². The highest BCUT2D eigenvalue weighted by Gasteiger charge is 2.03. The number of aliphatic imine (C=N–C) groups is 1. The van der Waals surface area contributed by atoms with Crippen LogP contribution in [0.1, 0.15) is 30.0 Å². The van der Waals surface area contributed by atoms with Crippen LogP contribution in [0.2, 0.25) is 0 Å². The molecule has 2 rings (SSSR count). The molecule has 0 fully saturated rings. The van der Waals surface area contributed by atoms with Crippen LogP contribution in [0.25, 0.3) is 0 Å². The molecular formula is C18H20BrNO. The van der Waals surface area contributed by atoms with Gasteiger partial charge in [0.1, 0.15) is 5.75 Å². The van der Waals surface area contributed by atoms with Crippen molar-refractivity contribution in [3.63, 3.8) is 0 Å². The zero-order valence-corrected chi connectivity index (χ0v) is 14.3. The van der Waals surface area contributed by atoms with Gasteiger partial charge in [0.2, 0.25) is 0 Å². The molecular weight excluding hydrogens is 326 g/mol. The van der Waals surface area contributed by atoms with Crippen LogP contribution in [0.5, 0.6) is 5.75 Å². The lowest BCUT2D eigenvalue weighted by atomic mass is 10.1. The maximum atomic E-state index is 5.77. The van der Waals surface area contributed by atoms with Crippen LogP contribution in [0.15, 0.2) is 45.9 Å². The highest BCUT2D eigenvalue weighted by Crippen LogP contribution is 2.25. The van der Waals surface area contributed by atoms with Crippen LogP contribution in [-0.2, 0) is 0 Å². The SMILES string of the molecule is CCCOc1ccc(Br)cc1C=Nc1cccc(C)c1C. The summed E-state index contributed by atoms with van der Waals surface area (Å²) in [7, 11) is 0. The van der Waals surface area contributed by atoms with Gasteiger partial charge in [-0.25, -0.2) is 0 Å². The molecule has 0 saturated carbocycles. The molecule has 21 heavy (non-hydrogen) atoms. The summed E-state index contributed by atoms with van der Waals surface area (Å²) in [6.45, 7) is 7.01. The number of hydrogen-bond acceptors (Lipinski definition) is 2. The van der Waals surface area contributed by atoms with Crippen LogP contribution >= 0.6 is 15.9 Å². The zero-order valence-electron chi connectivity index (χ0n) is 12.7. The summed E-state index contributed by atoms with van der Waals surface area (Å²) in [6.07, 6.45) is 2.86. The molecule has 3 heteroatoms. The van der Waals surface area contributed by atoms with Crippen LogP contribution < -0.4 is 4.74 Å². The average molecular weight is 346 g/mol. The van der Waals surface area contributed by atoms with E-state index < -0.39 is 0 Å². The average Bonchev–Trinajstić information content (AvgIpc) is 2.48. The molecule has 0 saturated heterocycles. The number of aryl methyl sites for hydroxylation is 1. The first-order valence-corrected chi connectivity index (χ1v) is 7.93. The van der Waals surface area contributed by atoms with Crippen LogP contribution in [-0.4, -0.2) is 12.8 Å². The molecule has 0 atom stereocenters. The van der Waals surface area contributed by atoms with Crippen LogP contribution in [0, 0.1) is 13.8 Å². The molecule has 0 amide bonds. The van der Waals surface area contributed by atoms with Crippen molar-refractivity contribution >= 4 is 27.8 Å². The number of ether oxygens (including phenoxy) is 1. The van der Waals surface area contributed by atoms with E-state index in [2.05, 4.69) is 47.8 Å². The molecule has 2 aromatic carbocycles. The van der Waals surface area contributed by atoms with Gasteiger partial charge in [-0.2, -0.15) is 0 Å². The smallest absolute Gasteiger partial charge is 0.128 e. The fourth-order valence-electron chi connectivity index (χ4n) is 1.98. The highest BCUT2D eigenvalue weighted by atomic mass is 79.9. The minimum absolute atomic E-state index is 0.714. The van der Waals surface area contributed by atoms with Gasteiger partial charge in [0.15, 0.2) is 0 Å². The molecule has 0 heterocycles. The maximum Gasteiger partial charge on any atom is 0.128 e. The minimum atomic E-state index is 0.714. The van der Waals surface area contributed by atoms with E-state index in [1.807, 2.05) is 36.5 Å². The van der Waals surface area contributed by atoms with Gasteiger partial charge in [-0.05, 0) is 55.7 Å². The Labute approximate surface area is 135 Å². The first-order chi connectivity index (χ1) is 10.1. The Morgan fingerprint density at radius 1 is 1.19 bits per heavy atom. The van der Waals surface area contributed by atoms with Crippen molar-refractivity contribution in [2.45, 2.75) is 27.2 Å². The summed E-state index contributed by atoms with van der Waals surface area (Å²) < 4.78 is 6.79. The fraction of sp³-hybridized carbons (Fsp3) is 0.278. The third-order valence-corrected chi connectivity index (χ3v) is 3.85. The van der Waals surface area contributed by atoms with Gasteiger partial charge in [-0.3, -0.25) is 4.99 Å². The van der Waals surface area contributed by atoms with E-state index in [9.17, 15) is 0 Å². The normalized spacial score (nSPS) is 11.0. The summed E-state index contributed by atoms with van der Waals surface area (Å²) in [6, 6.07) is 12.2. The quantitative estimate of drug-likeness (QED) is 0.645. The minimum Gasteiger partial charge on any atom is -0.493 e. The Kier molecular flexibility index (Phi) is 5.57. The Morgan fingerprint density at radius 2 is 2.00 bits per heavy atom. The number of benzene rings is 2. The summed E-state index contributed by atoms with van der Waals surface area (Å²) in [5, 5.41) is 0. The van der Waals surface area contributed by atoms with Gasteiger partial charge >= 0.3 is 0 Å². The molecule has 0 aliphatic heterocycles. The molecule has 0 radical (unpaired) electrons.